The maximum absolute atomic E-state index is 11.3. The van der Waals surface area contributed by atoms with Crippen molar-refractivity contribution in [3.63, 3.8) is 0 Å². The second-order valence-electron chi connectivity index (χ2n) is 5.79. The molecule has 1 aromatic rings. The highest BCUT2D eigenvalue weighted by Crippen LogP contribution is 2.19. The summed E-state index contributed by atoms with van der Waals surface area (Å²) in [5, 5.41) is 0. The monoisotopic (exact) mass is 288 g/mol. The van der Waals surface area contributed by atoms with E-state index >= 15 is 0 Å². The highest BCUT2D eigenvalue weighted by Gasteiger charge is 2.08. The van der Waals surface area contributed by atoms with Crippen LogP contribution in [0.2, 0.25) is 0 Å². The van der Waals surface area contributed by atoms with Crippen molar-refractivity contribution in [3.8, 4) is 0 Å². The van der Waals surface area contributed by atoms with Crippen molar-refractivity contribution in [2.45, 2.75) is 59.5 Å². The van der Waals surface area contributed by atoms with Gasteiger partial charge in [-0.1, -0.05) is 70.4 Å². The molecule has 0 spiro atoms. The highest BCUT2D eigenvalue weighted by atomic mass is 16.5. The van der Waals surface area contributed by atoms with Crippen LogP contribution in [-0.2, 0) is 22.6 Å². The molecular formula is C19H28O2. The summed E-state index contributed by atoms with van der Waals surface area (Å²) in [5.41, 5.74) is 2.83. The van der Waals surface area contributed by atoms with Gasteiger partial charge < -0.3 is 4.74 Å². The van der Waals surface area contributed by atoms with Gasteiger partial charge in [0.25, 0.3) is 0 Å². The molecule has 0 fully saturated rings. The van der Waals surface area contributed by atoms with Gasteiger partial charge in [-0.05, 0) is 30.4 Å². The van der Waals surface area contributed by atoms with E-state index in [1.165, 1.54) is 31.2 Å². The number of rotatable bonds is 9. The van der Waals surface area contributed by atoms with Crippen molar-refractivity contribution < 1.29 is 9.53 Å². The third-order valence-electron chi connectivity index (χ3n) is 3.81. The Hall–Kier alpha value is -1.57. The van der Waals surface area contributed by atoms with Gasteiger partial charge in [-0.15, -0.1) is 0 Å². The summed E-state index contributed by atoms with van der Waals surface area (Å²) in [4.78, 5) is 11.3. The molecular weight excluding hydrogens is 260 g/mol. The van der Waals surface area contributed by atoms with E-state index in [1.54, 1.807) is 6.92 Å². The highest BCUT2D eigenvalue weighted by molar-refractivity contribution is 5.86. The zero-order valence-electron chi connectivity index (χ0n) is 13.7. The van der Waals surface area contributed by atoms with Crippen LogP contribution in [0, 0.1) is 5.92 Å². The molecule has 0 bridgehead atoms. The number of carbonyl (C=O) groups is 1. The van der Waals surface area contributed by atoms with Crippen molar-refractivity contribution in [1.29, 1.82) is 0 Å². The van der Waals surface area contributed by atoms with Crippen molar-refractivity contribution in [2.24, 2.45) is 5.92 Å². The van der Waals surface area contributed by atoms with Crippen LogP contribution in [0.15, 0.2) is 36.4 Å². The Labute approximate surface area is 129 Å². The van der Waals surface area contributed by atoms with E-state index in [1.807, 2.05) is 12.1 Å². The summed E-state index contributed by atoms with van der Waals surface area (Å²) in [6.45, 7) is 10.1. The van der Waals surface area contributed by atoms with Crippen LogP contribution in [-0.4, -0.2) is 5.97 Å². The molecule has 0 amide bonds. The summed E-state index contributed by atoms with van der Waals surface area (Å²) in [6, 6.07) is 8.40. The molecule has 1 unspecified atom stereocenters. The predicted molar refractivity (Wildman–Crippen MR) is 88.1 cm³/mol. The largest absolute Gasteiger partial charge is 0.457 e. The number of carbonyl (C=O) groups excluding carboxylic acids is 1. The molecule has 0 heterocycles. The maximum Gasteiger partial charge on any atom is 0.333 e. The lowest BCUT2D eigenvalue weighted by Crippen LogP contribution is -2.05. The van der Waals surface area contributed by atoms with Crippen LogP contribution in [0.4, 0.5) is 0 Å². The molecule has 116 valence electrons. The second kappa shape index (κ2) is 9.38. The molecule has 0 aliphatic rings. The van der Waals surface area contributed by atoms with E-state index in [0.29, 0.717) is 12.2 Å². The third kappa shape index (κ3) is 6.61. The van der Waals surface area contributed by atoms with Gasteiger partial charge in [0.05, 0.1) is 0 Å². The fourth-order valence-corrected chi connectivity index (χ4v) is 2.32. The minimum atomic E-state index is -0.329. The Balaban J connectivity index is 2.49. The lowest BCUT2D eigenvalue weighted by Gasteiger charge is -2.14. The first-order valence-corrected chi connectivity index (χ1v) is 7.97. The number of esters is 1. The van der Waals surface area contributed by atoms with Crippen molar-refractivity contribution in [2.75, 3.05) is 0 Å². The number of benzene rings is 1. The van der Waals surface area contributed by atoms with E-state index < -0.39 is 0 Å². The Morgan fingerprint density at radius 1 is 1.19 bits per heavy atom. The fourth-order valence-electron chi connectivity index (χ4n) is 2.32. The van der Waals surface area contributed by atoms with Crippen molar-refractivity contribution in [3.05, 3.63) is 47.5 Å². The number of hydrogen-bond donors (Lipinski definition) is 0. The zero-order valence-corrected chi connectivity index (χ0v) is 13.7. The Morgan fingerprint density at radius 3 is 2.33 bits per heavy atom. The average Bonchev–Trinajstić information content (AvgIpc) is 2.50. The smallest absolute Gasteiger partial charge is 0.333 e. The molecule has 0 saturated heterocycles. The van der Waals surface area contributed by atoms with E-state index in [9.17, 15) is 4.79 Å². The summed E-state index contributed by atoms with van der Waals surface area (Å²) >= 11 is 0. The van der Waals surface area contributed by atoms with Gasteiger partial charge in [-0.2, -0.15) is 0 Å². The minimum absolute atomic E-state index is 0.318. The molecule has 0 aliphatic heterocycles. The standard InChI is InChI=1S/C19H28O2/c1-5-7-8-16(6-2)13-17-9-11-18(12-10-17)14-21-19(20)15(3)4/h9-12,16H,3,5-8,13-14H2,1-2,4H3. The Kier molecular flexibility index (Phi) is 7.81. The van der Waals surface area contributed by atoms with Crippen LogP contribution in [0.3, 0.4) is 0 Å². The number of hydrogen-bond acceptors (Lipinski definition) is 2. The molecule has 0 saturated carbocycles. The van der Waals surface area contributed by atoms with Gasteiger partial charge in [0.2, 0.25) is 0 Å². The van der Waals surface area contributed by atoms with Gasteiger partial charge in [-0.25, -0.2) is 4.79 Å². The Bertz CT molecular complexity index is 445. The van der Waals surface area contributed by atoms with Crippen molar-refractivity contribution >= 4 is 5.97 Å². The maximum atomic E-state index is 11.3. The zero-order chi connectivity index (χ0) is 15.7. The molecule has 0 aromatic heterocycles. The molecule has 1 aromatic carbocycles. The number of ether oxygens (including phenoxy) is 1. The SMILES string of the molecule is C=C(C)C(=O)OCc1ccc(CC(CC)CCCC)cc1. The molecule has 1 atom stereocenters. The topological polar surface area (TPSA) is 26.3 Å². The normalized spacial score (nSPS) is 12.0. The molecule has 1 rings (SSSR count). The summed E-state index contributed by atoms with van der Waals surface area (Å²) in [6.07, 6.45) is 6.27. The van der Waals surface area contributed by atoms with Crippen LogP contribution in [0.1, 0.15) is 57.6 Å². The summed E-state index contributed by atoms with van der Waals surface area (Å²) < 4.78 is 5.15. The lowest BCUT2D eigenvalue weighted by atomic mass is 9.92. The quantitative estimate of drug-likeness (QED) is 0.468. The molecule has 0 radical (unpaired) electrons. The average molecular weight is 288 g/mol. The van der Waals surface area contributed by atoms with Gasteiger partial charge >= 0.3 is 5.97 Å². The van der Waals surface area contributed by atoms with Crippen LogP contribution in [0.25, 0.3) is 0 Å². The first kappa shape index (κ1) is 17.5. The van der Waals surface area contributed by atoms with Gasteiger partial charge in [0, 0.05) is 5.57 Å². The third-order valence-corrected chi connectivity index (χ3v) is 3.81. The molecule has 0 N–H and O–H groups in total. The van der Waals surface area contributed by atoms with E-state index in [0.717, 1.165) is 17.9 Å². The van der Waals surface area contributed by atoms with Gasteiger partial charge in [-0.3, -0.25) is 0 Å². The van der Waals surface area contributed by atoms with Crippen LogP contribution < -0.4 is 0 Å². The summed E-state index contributed by atoms with van der Waals surface area (Å²) in [7, 11) is 0. The molecule has 2 nitrogen and oxygen atoms in total. The van der Waals surface area contributed by atoms with Crippen molar-refractivity contribution in [1.82, 2.24) is 0 Å². The first-order valence-electron chi connectivity index (χ1n) is 7.97. The van der Waals surface area contributed by atoms with Gasteiger partial charge in [0.1, 0.15) is 6.61 Å². The Morgan fingerprint density at radius 2 is 1.81 bits per heavy atom. The predicted octanol–water partition coefficient (Wildman–Crippen LogP) is 5.06. The van der Waals surface area contributed by atoms with E-state index in [4.69, 9.17) is 4.74 Å². The summed E-state index contributed by atoms with van der Waals surface area (Å²) in [5.74, 6) is 0.446. The second-order valence-corrected chi connectivity index (χ2v) is 5.79. The van der Waals surface area contributed by atoms with Crippen LogP contribution >= 0.6 is 0 Å². The van der Waals surface area contributed by atoms with E-state index in [-0.39, 0.29) is 5.97 Å². The molecule has 0 aliphatic carbocycles. The molecule has 2 heteroatoms. The molecule has 21 heavy (non-hydrogen) atoms. The first-order chi connectivity index (χ1) is 10.1. The van der Waals surface area contributed by atoms with E-state index in [2.05, 4.69) is 32.6 Å². The lowest BCUT2D eigenvalue weighted by molar-refractivity contribution is -0.140. The number of unbranched alkanes of at least 4 members (excludes halogenated alkanes) is 1. The van der Waals surface area contributed by atoms with Gasteiger partial charge in [0.15, 0.2) is 0 Å². The minimum Gasteiger partial charge on any atom is -0.457 e. The van der Waals surface area contributed by atoms with Crippen LogP contribution in [0.5, 0.6) is 0 Å². The fraction of sp³-hybridized carbons (Fsp3) is 0.526.